The SMILES string of the molecule is CC(C)(O)C(C)(C)Nc1ncc(F)cc1F. The van der Waals surface area contributed by atoms with E-state index in [1.165, 1.54) is 0 Å². The summed E-state index contributed by atoms with van der Waals surface area (Å²) in [6.45, 7) is 6.61. The molecule has 1 aromatic heterocycles. The summed E-state index contributed by atoms with van der Waals surface area (Å²) in [4.78, 5) is 3.60. The highest BCUT2D eigenvalue weighted by Crippen LogP contribution is 2.26. The number of aliphatic hydroxyl groups is 1. The van der Waals surface area contributed by atoms with Crippen molar-refractivity contribution in [3.8, 4) is 0 Å². The van der Waals surface area contributed by atoms with Gasteiger partial charge in [-0.25, -0.2) is 13.8 Å². The van der Waals surface area contributed by atoms with E-state index in [0.717, 1.165) is 12.3 Å². The summed E-state index contributed by atoms with van der Waals surface area (Å²) < 4.78 is 26.0. The van der Waals surface area contributed by atoms with E-state index < -0.39 is 22.8 Å². The van der Waals surface area contributed by atoms with Crippen molar-refractivity contribution >= 4 is 5.82 Å². The molecule has 0 radical (unpaired) electrons. The molecule has 0 amide bonds. The molecular weight excluding hydrogens is 214 g/mol. The maximum Gasteiger partial charge on any atom is 0.168 e. The van der Waals surface area contributed by atoms with E-state index in [0.29, 0.717) is 0 Å². The molecular formula is C11H16F2N2O. The summed E-state index contributed by atoms with van der Waals surface area (Å²) in [6, 6.07) is 0.746. The van der Waals surface area contributed by atoms with Crippen LogP contribution in [-0.2, 0) is 0 Å². The average molecular weight is 230 g/mol. The zero-order valence-electron chi connectivity index (χ0n) is 9.81. The second-order valence-electron chi connectivity index (χ2n) is 4.79. The number of hydrogen-bond donors (Lipinski definition) is 2. The highest BCUT2D eigenvalue weighted by molar-refractivity contribution is 5.39. The molecule has 90 valence electrons. The topological polar surface area (TPSA) is 45.1 Å². The molecule has 0 bridgehead atoms. The standard InChI is InChI=1S/C11H16F2N2O/c1-10(2,11(3,4)16)15-9-8(13)5-7(12)6-14-9/h5-6,16H,1-4H3,(H,14,15). The van der Waals surface area contributed by atoms with Gasteiger partial charge in [0.25, 0.3) is 0 Å². The minimum Gasteiger partial charge on any atom is -0.388 e. The van der Waals surface area contributed by atoms with Gasteiger partial charge in [0.15, 0.2) is 11.6 Å². The van der Waals surface area contributed by atoms with Gasteiger partial charge >= 0.3 is 0 Å². The Hall–Kier alpha value is -1.23. The summed E-state index contributed by atoms with van der Waals surface area (Å²) in [5.41, 5.74) is -1.87. The van der Waals surface area contributed by atoms with E-state index in [1.54, 1.807) is 27.7 Å². The van der Waals surface area contributed by atoms with E-state index in [9.17, 15) is 13.9 Å². The molecule has 2 N–H and O–H groups in total. The summed E-state index contributed by atoms with van der Waals surface area (Å²) >= 11 is 0. The van der Waals surface area contributed by atoms with Gasteiger partial charge in [0, 0.05) is 6.07 Å². The number of anilines is 1. The summed E-state index contributed by atoms with van der Waals surface area (Å²) in [5.74, 6) is -1.59. The third-order valence-corrected chi connectivity index (χ3v) is 2.77. The number of pyridine rings is 1. The second-order valence-corrected chi connectivity index (χ2v) is 4.79. The quantitative estimate of drug-likeness (QED) is 0.837. The molecule has 0 saturated heterocycles. The lowest BCUT2D eigenvalue weighted by Gasteiger charge is -2.38. The predicted molar refractivity (Wildman–Crippen MR) is 58.2 cm³/mol. The largest absolute Gasteiger partial charge is 0.388 e. The number of hydrogen-bond acceptors (Lipinski definition) is 3. The van der Waals surface area contributed by atoms with Crippen LogP contribution in [0, 0.1) is 11.6 Å². The zero-order chi connectivity index (χ0) is 12.6. The molecule has 0 atom stereocenters. The molecule has 1 aromatic rings. The molecule has 16 heavy (non-hydrogen) atoms. The first kappa shape index (κ1) is 12.8. The third kappa shape index (κ3) is 2.66. The van der Waals surface area contributed by atoms with Crippen LogP contribution in [-0.4, -0.2) is 21.2 Å². The Labute approximate surface area is 93.5 Å². The van der Waals surface area contributed by atoms with Gasteiger partial charge in [-0.2, -0.15) is 0 Å². The van der Waals surface area contributed by atoms with Crippen LogP contribution in [0.5, 0.6) is 0 Å². The Morgan fingerprint density at radius 3 is 2.25 bits per heavy atom. The van der Waals surface area contributed by atoms with Crippen molar-refractivity contribution in [2.45, 2.75) is 38.8 Å². The van der Waals surface area contributed by atoms with Crippen LogP contribution < -0.4 is 5.32 Å². The number of nitrogens with zero attached hydrogens (tertiary/aromatic N) is 1. The van der Waals surface area contributed by atoms with Crippen molar-refractivity contribution in [1.29, 1.82) is 0 Å². The van der Waals surface area contributed by atoms with Gasteiger partial charge < -0.3 is 10.4 Å². The van der Waals surface area contributed by atoms with E-state index >= 15 is 0 Å². The number of aromatic nitrogens is 1. The van der Waals surface area contributed by atoms with Gasteiger partial charge in [-0.15, -0.1) is 0 Å². The minimum absolute atomic E-state index is 0.0754. The van der Waals surface area contributed by atoms with Crippen molar-refractivity contribution in [2.24, 2.45) is 0 Å². The van der Waals surface area contributed by atoms with Crippen LogP contribution >= 0.6 is 0 Å². The molecule has 3 nitrogen and oxygen atoms in total. The lowest BCUT2D eigenvalue weighted by atomic mass is 9.86. The Bertz CT molecular complexity index is 386. The Balaban J connectivity index is 2.97. The molecule has 5 heteroatoms. The van der Waals surface area contributed by atoms with Gasteiger partial charge in [0.2, 0.25) is 0 Å². The monoisotopic (exact) mass is 230 g/mol. The molecule has 0 aliphatic rings. The van der Waals surface area contributed by atoms with Gasteiger partial charge in [-0.05, 0) is 27.7 Å². The highest BCUT2D eigenvalue weighted by atomic mass is 19.1. The van der Waals surface area contributed by atoms with Crippen LogP contribution in [0.25, 0.3) is 0 Å². The van der Waals surface area contributed by atoms with Crippen LogP contribution in [0.3, 0.4) is 0 Å². The molecule has 0 aliphatic carbocycles. The molecule has 0 fully saturated rings. The number of halogens is 2. The number of nitrogens with one attached hydrogen (secondary N) is 1. The Morgan fingerprint density at radius 2 is 1.81 bits per heavy atom. The van der Waals surface area contributed by atoms with Crippen molar-refractivity contribution < 1.29 is 13.9 Å². The first-order chi connectivity index (χ1) is 7.13. The molecule has 0 spiro atoms. The van der Waals surface area contributed by atoms with E-state index in [-0.39, 0.29) is 5.82 Å². The van der Waals surface area contributed by atoms with Gasteiger partial charge in [0.1, 0.15) is 5.82 Å². The van der Waals surface area contributed by atoms with Crippen molar-refractivity contribution in [2.75, 3.05) is 5.32 Å². The lowest BCUT2D eigenvalue weighted by Crippen LogP contribution is -2.51. The lowest BCUT2D eigenvalue weighted by molar-refractivity contribution is 0.0237. The molecule has 0 unspecified atom stereocenters. The van der Waals surface area contributed by atoms with E-state index in [4.69, 9.17) is 0 Å². The normalized spacial score (nSPS) is 12.7. The maximum atomic E-state index is 13.3. The Kier molecular flexibility index (Phi) is 3.19. The molecule has 1 rings (SSSR count). The van der Waals surface area contributed by atoms with Gasteiger partial charge in [0.05, 0.1) is 17.3 Å². The van der Waals surface area contributed by atoms with Crippen LogP contribution in [0.2, 0.25) is 0 Å². The van der Waals surface area contributed by atoms with Crippen molar-refractivity contribution in [1.82, 2.24) is 4.98 Å². The van der Waals surface area contributed by atoms with Crippen molar-refractivity contribution in [3.63, 3.8) is 0 Å². The summed E-state index contributed by atoms with van der Waals surface area (Å²) in [5, 5.41) is 12.6. The fraction of sp³-hybridized carbons (Fsp3) is 0.545. The molecule has 0 aliphatic heterocycles. The molecule has 1 heterocycles. The third-order valence-electron chi connectivity index (χ3n) is 2.77. The van der Waals surface area contributed by atoms with Crippen LogP contribution in [0.4, 0.5) is 14.6 Å². The second kappa shape index (κ2) is 3.97. The molecule has 0 saturated carbocycles. The number of rotatable bonds is 3. The fourth-order valence-electron chi connectivity index (χ4n) is 0.956. The highest BCUT2D eigenvalue weighted by Gasteiger charge is 2.35. The van der Waals surface area contributed by atoms with E-state index in [2.05, 4.69) is 10.3 Å². The van der Waals surface area contributed by atoms with Crippen LogP contribution in [0.1, 0.15) is 27.7 Å². The fourth-order valence-corrected chi connectivity index (χ4v) is 0.956. The first-order valence-corrected chi connectivity index (χ1v) is 4.95. The molecule has 0 aromatic carbocycles. The average Bonchev–Trinajstić information content (AvgIpc) is 2.08. The van der Waals surface area contributed by atoms with Gasteiger partial charge in [-0.3, -0.25) is 0 Å². The first-order valence-electron chi connectivity index (χ1n) is 4.95. The zero-order valence-corrected chi connectivity index (χ0v) is 9.81. The van der Waals surface area contributed by atoms with Crippen LogP contribution in [0.15, 0.2) is 12.3 Å². The predicted octanol–water partition coefficient (Wildman–Crippen LogP) is 2.32. The van der Waals surface area contributed by atoms with Gasteiger partial charge in [-0.1, -0.05) is 0 Å². The summed E-state index contributed by atoms with van der Waals surface area (Å²) in [7, 11) is 0. The smallest absolute Gasteiger partial charge is 0.168 e. The maximum absolute atomic E-state index is 13.3. The van der Waals surface area contributed by atoms with Crippen molar-refractivity contribution in [3.05, 3.63) is 23.9 Å². The Morgan fingerprint density at radius 1 is 1.25 bits per heavy atom. The summed E-state index contributed by atoms with van der Waals surface area (Å²) in [6.07, 6.45) is 0.922. The van der Waals surface area contributed by atoms with E-state index in [1.807, 2.05) is 0 Å². The minimum atomic E-state index is -1.07.